The van der Waals surface area contributed by atoms with Crippen LogP contribution in [0.25, 0.3) is 0 Å². The Hall–Kier alpha value is -0.900. The number of thioether (sulfide) groups is 1. The maximum absolute atomic E-state index is 11.7. The van der Waals surface area contributed by atoms with E-state index in [4.69, 9.17) is 14.5 Å². The summed E-state index contributed by atoms with van der Waals surface area (Å²) in [6.07, 6.45) is 1.17. The molecule has 1 saturated heterocycles. The summed E-state index contributed by atoms with van der Waals surface area (Å²) >= 11 is 0.966. The van der Waals surface area contributed by atoms with E-state index in [-0.39, 0.29) is 23.8 Å². The molecule has 9 nitrogen and oxygen atoms in total. The van der Waals surface area contributed by atoms with Crippen molar-refractivity contribution < 1.29 is 24.2 Å². The van der Waals surface area contributed by atoms with Gasteiger partial charge in [-0.1, -0.05) is 0 Å². The van der Waals surface area contributed by atoms with Crippen molar-refractivity contribution in [1.82, 2.24) is 9.55 Å². The van der Waals surface area contributed by atoms with Crippen molar-refractivity contribution in [3.05, 3.63) is 32.6 Å². The van der Waals surface area contributed by atoms with E-state index in [1.165, 1.54) is 13.1 Å². The molecule has 118 valence electrons. The summed E-state index contributed by atoms with van der Waals surface area (Å²) in [7, 11) is -4.15. The SMILES string of the molecule is Cc1cn([C@@]2(O)C[C@@H](SCP(=O)(O)O)CO2)c(=O)[nH]c1=O. The largest absolute Gasteiger partial charge is 0.348 e. The molecule has 0 amide bonds. The summed E-state index contributed by atoms with van der Waals surface area (Å²) in [4.78, 5) is 42.8. The minimum atomic E-state index is -4.15. The second-order valence-electron chi connectivity index (χ2n) is 4.78. The number of aromatic amines is 1. The fourth-order valence-electron chi connectivity index (χ4n) is 1.94. The van der Waals surface area contributed by atoms with E-state index in [1.54, 1.807) is 0 Å². The maximum Gasteiger partial charge on any atom is 0.335 e. The van der Waals surface area contributed by atoms with Crippen LogP contribution >= 0.6 is 19.4 Å². The summed E-state index contributed by atoms with van der Waals surface area (Å²) < 4.78 is 16.9. The normalized spacial score (nSPS) is 26.2. The predicted octanol–water partition coefficient (Wildman–Crippen LogP) is -0.895. The zero-order chi connectivity index (χ0) is 15.8. The molecule has 1 aromatic rings. The first-order valence-corrected chi connectivity index (χ1v) is 8.81. The number of hydrogen-bond acceptors (Lipinski definition) is 6. The van der Waals surface area contributed by atoms with Crippen LogP contribution in [0.15, 0.2) is 15.8 Å². The molecule has 0 unspecified atom stereocenters. The average Bonchev–Trinajstić information content (AvgIpc) is 2.73. The van der Waals surface area contributed by atoms with Crippen molar-refractivity contribution in [3.63, 3.8) is 0 Å². The Balaban J connectivity index is 2.18. The second-order valence-corrected chi connectivity index (χ2v) is 8.14. The molecular weight excluding hydrogens is 323 g/mol. The van der Waals surface area contributed by atoms with Crippen molar-refractivity contribution in [1.29, 1.82) is 0 Å². The lowest BCUT2D eigenvalue weighted by atomic mass is 10.3. The van der Waals surface area contributed by atoms with Crippen LogP contribution in [-0.4, -0.2) is 41.8 Å². The van der Waals surface area contributed by atoms with E-state index < -0.39 is 30.2 Å². The van der Waals surface area contributed by atoms with Crippen LogP contribution in [0.1, 0.15) is 12.0 Å². The monoisotopic (exact) mass is 338 g/mol. The minimum Gasteiger partial charge on any atom is -0.348 e. The molecule has 1 aliphatic rings. The summed E-state index contributed by atoms with van der Waals surface area (Å²) in [6, 6.07) is 0. The number of nitrogens with zero attached hydrogens (tertiary/aromatic N) is 1. The van der Waals surface area contributed by atoms with Gasteiger partial charge >= 0.3 is 13.3 Å². The quantitative estimate of drug-likeness (QED) is 0.518. The van der Waals surface area contributed by atoms with Crippen LogP contribution in [0.2, 0.25) is 0 Å². The van der Waals surface area contributed by atoms with Gasteiger partial charge in [0.25, 0.3) is 11.5 Å². The number of hydrogen-bond donors (Lipinski definition) is 4. The Labute approximate surface area is 123 Å². The van der Waals surface area contributed by atoms with Crippen LogP contribution < -0.4 is 11.2 Å². The molecular formula is C10H15N2O7PS. The third-order valence-corrected chi connectivity index (χ3v) is 5.68. The molecule has 0 bridgehead atoms. The molecule has 1 fully saturated rings. The van der Waals surface area contributed by atoms with E-state index in [9.17, 15) is 19.3 Å². The fraction of sp³-hybridized carbons (Fsp3) is 0.600. The highest BCUT2D eigenvalue weighted by atomic mass is 32.2. The molecule has 4 N–H and O–H groups in total. The Morgan fingerprint density at radius 2 is 2.24 bits per heavy atom. The highest BCUT2D eigenvalue weighted by Crippen LogP contribution is 2.43. The molecule has 0 spiro atoms. The van der Waals surface area contributed by atoms with Crippen LogP contribution in [0, 0.1) is 6.92 Å². The zero-order valence-electron chi connectivity index (χ0n) is 11.1. The number of aryl methyl sites for hydroxylation is 1. The van der Waals surface area contributed by atoms with Gasteiger partial charge in [0.2, 0.25) is 0 Å². The van der Waals surface area contributed by atoms with Gasteiger partial charge in [-0.25, -0.2) is 9.36 Å². The molecule has 0 saturated carbocycles. The van der Waals surface area contributed by atoms with E-state index in [1.807, 2.05) is 0 Å². The standard InChI is InChI=1S/C10H15N2O7PS/c1-6-3-12(9(14)11-8(6)13)10(15)2-7(4-19-10)21-5-20(16,17)18/h3,7,15H,2,4-5H2,1H3,(H,11,13,14)(H2,16,17,18)/t7-,10-/m1/s1. The lowest BCUT2D eigenvalue weighted by molar-refractivity contribution is -0.237. The number of aromatic nitrogens is 2. The first-order valence-electron chi connectivity index (χ1n) is 5.96. The van der Waals surface area contributed by atoms with Crippen LogP contribution in [0.5, 0.6) is 0 Å². The van der Waals surface area contributed by atoms with Gasteiger partial charge in [-0.2, -0.15) is 0 Å². The van der Waals surface area contributed by atoms with E-state index in [2.05, 4.69) is 4.98 Å². The van der Waals surface area contributed by atoms with Gasteiger partial charge in [-0.3, -0.25) is 14.3 Å². The first-order chi connectivity index (χ1) is 9.61. The Morgan fingerprint density at radius 3 is 2.86 bits per heavy atom. The minimum absolute atomic E-state index is 0.0247. The summed E-state index contributed by atoms with van der Waals surface area (Å²) in [5.41, 5.74) is -1.52. The first kappa shape index (κ1) is 16.5. The van der Waals surface area contributed by atoms with Gasteiger partial charge in [0.1, 0.15) is 0 Å². The zero-order valence-corrected chi connectivity index (χ0v) is 12.8. The summed E-state index contributed by atoms with van der Waals surface area (Å²) in [5.74, 6) is -1.93. The van der Waals surface area contributed by atoms with Crippen molar-refractivity contribution in [2.45, 2.75) is 24.5 Å². The van der Waals surface area contributed by atoms with Gasteiger partial charge in [0.15, 0.2) is 0 Å². The molecule has 0 aliphatic carbocycles. The van der Waals surface area contributed by atoms with Gasteiger partial charge in [0.05, 0.1) is 12.1 Å². The van der Waals surface area contributed by atoms with Crippen LogP contribution in [-0.2, 0) is 15.2 Å². The number of nitrogens with one attached hydrogen (secondary N) is 1. The molecule has 1 aliphatic heterocycles. The fourth-order valence-corrected chi connectivity index (χ4v) is 4.06. The highest BCUT2D eigenvalue weighted by molar-refractivity contribution is 8.04. The molecule has 2 rings (SSSR count). The van der Waals surface area contributed by atoms with Gasteiger partial charge < -0.3 is 19.6 Å². The summed E-state index contributed by atoms with van der Waals surface area (Å²) in [6.45, 7) is 1.51. The average molecular weight is 338 g/mol. The van der Waals surface area contributed by atoms with Crippen molar-refractivity contribution >= 4 is 19.4 Å². The van der Waals surface area contributed by atoms with Crippen molar-refractivity contribution in [3.8, 4) is 0 Å². The molecule has 11 heteroatoms. The molecule has 1 aromatic heterocycles. The number of ether oxygens (including phenoxy) is 1. The molecule has 21 heavy (non-hydrogen) atoms. The number of rotatable bonds is 4. The maximum atomic E-state index is 11.7. The smallest absolute Gasteiger partial charge is 0.335 e. The van der Waals surface area contributed by atoms with Crippen molar-refractivity contribution in [2.75, 3.05) is 12.1 Å². The summed E-state index contributed by atoms with van der Waals surface area (Å²) in [5, 5.41) is 10.00. The lowest BCUT2D eigenvalue weighted by Crippen LogP contribution is -2.44. The van der Waals surface area contributed by atoms with Crippen LogP contribution in [0.4, 0.5) is 0 Å². The Kier molecular flexibility index (Phi) is 4.48. The second kappa shape index (κ2) is 5.71. The number of aliphatic hydroxyl groups is 1. The molecule has 2 atom stereocenters. The molecule has 0 radical (unpaired) electrons. The van der Waals surface area contributed by atoms with Gasteiger partial charge in [-0.05, 0) is 6.92 Å². The van der Waals surface area contributed by atoms with Crippen LogP contribution in [0.3, 0.4) is 0 Å². The van der Waals surface area contributed by atoms with Gasteiger partial charge in [0, 0.05) is 23.4 Å². The Morgan fingerprint density at radius 1 is 1.57 bits per heavy atom. The topological polar surface area (TPSA) is 142 Å². The Bertz CT molecular complexity index is 695. The third-order valence-electron chi connectivity index (χ3n) is 2.97. The van der Waals surface area contributed by atoms with Crippen molar-refractivity contribution in [2.24, 2.45) is 0 Å². The lowest BCUT2D eigenvalue weighted by Gasteiger charge is -2.24. The van der Waals surface area contributed by atoms with E-state index >= 15 is 0 Å². The number of H-pyrrole nitrogens is 1. The predicted molar refractivity (Wildman–Crippen MR) is 75.1 cm³/mol. The van der Waals surface area contributed by atoms with E-state index in [0.29, 0.717) is 0 Å². The third kappa shape index (κ3) is 3.85. The molecule has 0 aromatic carbocycles. The van der Waals surface area contributed by atoms with E-state index in [0.717, 1.165) is 16.3 Å². The highest BCUT2D eigenvalue weighted by Gasteiger charge is 2.42. The molecule has 2 heterocycles. The van der Waals surface area contributed by atoms with Gasteiger partial charge in [-0.15, -0.1) is 11.8 Å².